The summed E-state index contributed by atoms with van der Waals surface area (Å²) in [6.45, 7) is 16.3. The van der Waals surface area contributed by atoms with E-state index in [1.165, 1.54) is 29.4 Å². The molecule has 0 unspecified atom stereocenters. The highest BCUT2D eigenvalue weighted by atomic mass is 16.7. The van der Waals surface area contributed by atoms with E-state index in [1.807, 2.05) is 74.5 Å². The Bertz CT molecular complexity index is 1600. The third-order valence-electron chi connectivity index (χ3n) is 8.16. The van der Waals surface area contributed by atoms with Gasteiger partial charge in [-0.15, -0.1) is 0 Å². The first kappa shape index (κ1) is 37.4. The summed E-state index contributed by atoms with van der Waals surface area (Å²) in [7, 11) is 1.28. The molecule has 5 aromatic carbocycles. The van der Waals surface area contributed by atoms with Crippen molar-refractivity contribution >= 4 is 6.16 Å². The molecule has 0 aromatic heterocycles. The van der Waals surface area contributed by atoms with E-state index in [0.29, 0.717) is 19.0 Å². The molecule has 252 valence electrons. The van der Waals surface area contributed by atoms with Gasteiger partial charge in [0.1, 0.15) is 17.2 Å². The Balaban J connectivity index is 0.000000224. The van der Waals surface area contributed by atoms with Gasteiger partial charge in [0.2, 0.25) is 0 Å². The maximum absolute atomic E-state index is 11.1. The standard InChI is InChI=1S/C19H22O4.C18H22O.C6H6/c1-5-22-16-10-6-14(7-11-16)19(2,3)15-8-12-17(13-9-15)23-18(20)21-4;1-5-19-17-12-10-16(11-13-17)18(3,4)15-8-6-14(2)7-9-15;1-2-4-6-5-3-1/h6-13H,5H2,1-4H3;6-13H,5H2,1-4H3;1-6H. The number of hydrogen-bond donors (Lipinski definition) is 0. The molecule has 0 aliphatic heterocycles. The fraction of sp³-hybridized carbons (Fsp3) is 0.279. The largest absolute Gasteiger partial charge is 0.513 e. The molecular weight excluding hydrogens is 596 g/mol. The molecule has 0 radical (unpaired) electrons. The summed E-state index contributed by atoms with van der Waals surface area (Å²) in [5, 5.41) is 0. The van der Waals surface area contributed by atoms with Crippen LogP contribution in [-0.4, -0.2) is 26.5 Å². The number of carbonyl (C=O) groups is 1. The topological polar surface area (TPSA) is 54.0 Å². The SMILES string of the molecule is CCOc1ccc(C(C)(C)c2ccc(C)cc2)cc1.CCOc1ccc(C(C)(C)c2ccc(OC(=O)OC)cc2)cc1.c1ccccc1. The minimum atomic E-state index is -0.719. The highest BCUT2D eigenvalue weighted by Gasteiger charge is 2.24. The number of methoxy groups -OCH3 is 1. The number of benzene rings is 5. The summed E-state index contributed by atoms with van der Waals surface area (Å²) in [5.41, 5.74) is 6.09. The van der Waals surface area contributed by atoms with E-state index in [2.05, 4.69) is 100 Å². The Morgan fingerprint density at radius 1 is 0.500 bits per heavy atom. The maximum atomic E-state index is 11.1. The monoisotopic (exact) mass is 646 g/mol. The van der Waals surface area contributed by atoms with E-state index in [9.17, 15) is 4.79 Å². The summed E-state index contributed by atoms with van der Waals surface area (Å²) in [4.78, 5) is 11.1. The molecule has 0 saturated heterocycles. The third-order valence-corrected chi connectivity index (χ3v) is 8.16. The number of ether oxygens (including phenoxy) is 4. The molecule has 0 aliphatic rings. The van der Waals surface area contributed by atoms with Crippen molar-refractivity contribution in [2.24, 2.45) is 0 Å². The molecule has 5 rings (SSSR count). The average Bonchev–Trinajstić information content (AvgIpc) is 3.11. The van der Waals surface area contributed by atoms with Crippen LogP contribution in [0.5, 0.6) is 17.2 Å². The fourth-order valence-electron chi connectivity index (χ4n) is 5.03. The molecule has 0 heterocycles. The van der Waals surface area contributed by atoms with Crippen LogP contribution in [0.1, 0.15) is 69.4 Å². The Morgan fingerprint density at radius 3 is 1.08 bits per heavy atom. The average molecular weight is 647 g/mol. The van der Waals surface area contributed by atoms with E-state index in [0.717, 1.165) is 17.1 Å². The zero-order valence-corrected chi connectivity index (χ0v) is 29.7. The highest BCUT2D eigenvalue weighted by molar-refractivity contribution is 5.63. The maximum Gasteiger partial charge on any atom is 0.513 e. The lowest BCUT2D eigenvalue weighted by Crippen LogP contribution is -2.18. The number of hydrogen-bond acceptors (Lipinski definition) is 5. The van der Waals surface area contributed by atoms with Gasteiger partial charge in [-0.05, 0) is 79.4 Å². The molecule has 48 heavy (non-hydrogen) atoms. The van der Waals surface area contributed by atoms with E-state index in [4.69, 9.17) is 14.2 Å². The van der Waals surface area contributed by atoms with E-state index in [-0.39, 0.29) is 10.8 Å². The van der Waals surface area contributed by atoms with Gasteiger partial charge in [0.15, 0.2) is 0 Å². The van der Waals surface area contributed by atoms with Crippen molar-refractivity contribution in [1.29, 1.82) is 0 Å². The number of aryl methyl sites for hydroxylation is 1. The van der Waals surface area contributed by atoms with Crippen LogP contribution in [0.3, 0.4) is 0 Å². The van der Waals surface area contributed by atoms with E-state index >= 15 is 0 Å². The first-order chi connectivity index (χ1) is 23.0. The van der Waals surface area contributed by atoms with Gasteiger partial charge in [-0.2, -0.15) is 0 Å². The molecule has 0 bridgehead atoms. The Morgan fingerprint density at radius 2 is 0.792 bits per heavy atom. The summed E-state index contributed by atoms with van der Waals surface area (Å²) < 4.78 is 20.5. The van der Waals surface area contributed by atoms with Crippen LogP contribution in [-0.2, 0) is 15.6 Å². The lowest BCUT2D eigenvalue weighted by molar-refractivity contribution is 0.121. The van der Waals surface area contributed by atoms with E-state index < -0.39 is 6.16 Å². The van der Waals surface area contributed by atoms with Crippen molar-refractivity contribution in [3.63, 3.8) is 0 Å². The summed E-state index contributed by atoms with van der Waals surface area (Å²) >= 11 is 0. The minimum absolute atomic E-state index is 0.0123. The lowest BCUT2D eigenvalue weighted by atomic mass is 9.78. The van der Waals surface area contributed by atoms with Gasteiger partial charge in [-0.3, -0.25) is 0 Å². The van der Waals surface area contributed by atoms with Crippen molar-refractivity contribution in [2.45, 2.75) is 59.3 Å². The first-order valence-electron chi connectivity index (χ1n) is 16.4. The van der Waals surface area contributed by atoms with Gasteiger partial charge in [0.25, 0.3) is 0 Å². The van der Waals surface area contributed by atoms with Crippen LogP contribution in [0.4, 0.5) is 4.79 Å². The van der Waals surface area contributed by atoms with Crippen molar-refractivity contribution in [3.8, 4) is 17.2 Å². The third kappa shape index (κ3) is 11.0. The molecule has 5 heteroatoms. The molecule has 0 spiro atoms. The van der Waals surface area contributed by atoms with Gasteiger partial charge < -0.3 is 18.9 Å². The Hall–Kier alpha value is -5.03. The summed E-state index contributed by atoms with van der Waals surface area (Å²) in [5.74, 6) is 2.27. The van der Waals surface area contributed by atoms with Crippen LogP contribution < -0.4 is 14.2 Å². The van der Waals surface area contributed by atoms with E-state index in [1.54, 1.807) is 12.1 Å². The molecule has 5 aromatic rings. The van der Waals surface area contributed by atoms with Gasteiger partial charge >= 0.3 is 6.16 Å². The fourth-order valence-corrected chi connectivity index (χ4v) is 5.03. The molecular formula is C43H50O5. The van der Waals surface area contributed by atoms with Gasteiger partial charge in [0.05, 0.1) is 20.3 Å². The molecule has 0 saturated carbocycles. The second-order valence-corrected chi connectivity index (χ2v) is 12.3. The molecule has 5 nitrogen and oxygen atoms in total. The van der Waals surface area contributed by atoms with Crippen molar-refractivity contribution in [3.05, 3.63) is 161 Å². The summed E-state index contributed by atoms with van der Waals surface area (Å²) in [6, 6.07) is 44.7. The highest BCUT2D eigenvalue weighted by Crippen LogP contribution is 2.34. The van der Waals surface area contributed by atoms with Crippen LogP contribution in [0.25, 0.3) is 0 Å². The van der Waals surface area contributed by atoms with Gasteiger partial charge in [-0.25, -0.2) is 4.79 Å². The molecule has 0 aliphatic carbocycles. The van der Waals surface area contributed by atoms with Crippen LogP contribution in [0.2, 0.25) is 0 Å². The van der Waals surface area contributed by atoms with Crippen molar-refractivity contribution < 1.29 is 23.7 Å². The number of rotatable bonds is 9. The molecule has 0 N–H and O–H groups in total. The van der Waals surface area contributed by atoms with Crippen molar-refractivity contribution in [1.82, 2.24) is 0 Å². The zero-order valence-electron chi connectivity index (χ0n) is 29.7. The number of carbonyl (C=O) groups excluding carboxylic acids is 1. The molecule has 0 fully saturated rings. The Kier molecular flexibility index (Phi) is 14.3. The second kappa shape index (κ2) is 18.3. The predicted octanol–water partition coefficient (Wildman–Crippen LogP) is 11.0. The smallest absolute Gasteiger partial charge is 0.494 e. The minimum Gasteiger partial charge on any atom is -0.494 e. The quantitative estimate of drug-likeness (QED) is 0.118. The second-order valence-electron chi connectivity index (χ2n) is 12.3. The molecule has 0 amide bonds. The lowest BCUT2D eigenvalue weighted by Gasteiger charge is -2.26. The summed E-state index contributed by atoms with van der Waals surface area (Å²) in [6.07, 6.45) is -0.719. The van der Waals surface area contributed by atoms with Crippen LogP contribution in [0.15, 0.2) is 133 Å². The normalized spacial score (nSPS) is 10.8. The Labute approximate surface area is 287 Å². The first-order valence-corrected chi connectivity index (χ1v) is 16.4. The zero-order chi connectivity index (χ0) is 35.0. The van der Waals surface area contributed by atoms with Crippen LogP contribution in [0, 0.1) is 6.92 Å². The molecule has 0 atom stereocenters. The van der Waals surface area contributed by atoms with Crippen LogP contribution >= 0.6 is 0 Å². The predicted molar refractivity (Wildman–Crippen MR) is 197 cm³/mol. The van der Waals surface area contributed by atoms with Crippen molar-refractivity contribution in [2.75, 3.05) is 20.3 Å². The van der Waals surface area contributed by atoms with Gasteiger partial charge in [-0.1, -0.05) is 130 Å². The van der Waals surface area contributed by atoms with Gasteiger partial charge in [0, 0.05) is 10.8 Å².